The molecule has 0 spiro atoms. The minimum absolute atomic E-state index is 0.0855. The standard InChI is InChI=1S/C16H24N2O2S/c1-20-13-7-5-12(6-8-13)15-4-3-10-18(15)16(19)14(17)9-11-21-2/h5-8,14-15H,3-4,9-11,17H2,1-2H3/t14-,15?/m1/s1. The topological polar surface area (TPSA) is 55.6 Å². The van der Waals surface area contributed by atoms with Crippen molar-refractivity contribution < 1.29 is 9.53 Å². The molecule has 21 heavy (non-hydrogen) atoms. The Morgan fingerprint density at radius 1 is 1.48 bits per heavy atom. The predicted octanol–water partition coefficient (Wildman–Crippen LogP) is 2.44. The molecule has 1 aromatic rings. The Kier molecular flexibility index (Phi) is 5.94. The van der Waals surface area contributed by atoms with Gasteiger partial charge in [0.05, 0.1) is 19.2 Å². The number of likely N-dealkylation sites (tertiary alicyclic amines) is 1. The van der Waals surface area contributed by atoms with Crippen LogP contribution in [-0.2, 0) is 4.79 Å². The highest BCUT2D eigenvalue weighted by molar-refractivity contribution is 7.98. The molecule has 1 aliphatic heterocycles. The van der Waals surface area contributed by atoms with Crippen LogP contribution in [0.3, 0.4) is 0 Å². The van der Waals surface area contributed by atoms with Crippen molar-refractivity contribution in [3.63, 3.8) is 0 Å². The molecule has 116 valence electrons. The first-order chi connectivity index (χ1) is 10.2. The number of carbonyl (C=O) groups is 1. The van der Waals surface area contributed by atoms with Gasteiger partial charge in [0.25, 0.3) is 0 Å². The largest absolute Gasteiger partial charge is 0.497 e. The second-order valence-corrected chi connectivity index (χ2v) is 6.34. The summed E-state index contributed by atoms with van der Waals surface area (Å²) in [5.41, 5.74) is 7.21. The van der Waals surface area contributed by atoms with Crippen LogP contribution < -0.4 is 10.5 Å². The Morgan fingerprint density at radius 3 is 2.81 bits per heavy atom. The maximum atomic E-state index is 12.5. The van der Waals surface area contributed by atoms with E-state index in [0.717, 1.165) is 37.3 Å². The van der Waals surface area contributed by atoms with Crippen LogP contribution in [-0.4, -0.2) is 42.5 Å². The number of nitrogens with zero attached hydrogens (tertiary/aromatic N) is 1. The minimum atomic E-state index is -0.378. The highest BCUT2D eigenvalue weighted by Crippen LogP contribution is 2.33. The van der Waals surface area contributed by atoms with Crippen LogP contribution in [0.5, 0.6) is 5.75 Å². The Balaban J connectivity index is 2.06. The van der Waals surface area contributed by atoms with E-state index in [9.17, 15) is 4.79 Å². The summed E-state index contributed by atoms with van der Waals surface area (Å²) in [5, 5.41) is 0. The zero-order valence-electron chi connectivity index (χ0n) is 12.7. The predicted molar refractivity (Wildman–Crippen MR) is 87.7 cm³/mol. The first-order valence-electron chi connectivity index (χ1n) is 7.36. The molecule has 2 N–H and O–H groups in total. The fourth-order valence-corrected chi connectivity index (χ4v) is 3.27. The van der Waals surface area contributed by atoms with Crippen LogP contribution in [0.4, 0.5) is 0 Å². The molecule has 4 nitrogen and oxygen atoms in total. The quantitative estimate of drug-likeness (QED) is 0.877. The first-order valence-corrected chi connectivity index (χ1v) is 8.75. The van der Waals surface area contributed by atoms with Gasteiger partial charge in [-0.2, -0.15) is 11.8 Å². The van der Waals surface area contributed by atoms with Crippen LogP contribution in [0, 0.1) is 0 Å². The van der Waals surface area contributed by atoms with Gasteiger partial charge in [-0.15, -0.1) is 0 Å². The lowest BCUT2D eigenvalue weighted by atomic mass is 10.0. The fourth-order valence-electron chi connectivity index (χ4n) is 2.78. The third kappa shape index (κ3) is 3.92. The van der Waals surface area contributed by atoms with E-state index in [4.69, 9.17) is 10.5 Å². The monoisotopic (exact) mass is 308 g/mol. The molecule has 1 aromatic carbocycles. The highest BCUT2D eigenvalue weighted by atomic mass is 32.2. The number of benzene rings is 1. The number of methoxy groups -OCH3 is 1. The summed E-state index contributed by atoms with van der Waals surface area (Å²) in [6, 6.07) is 7.76. The van der Waals surface area contributed by atoms with E-state index in [2.05, 4.69) is 0 Å². The molecule has 0 aromatic heterocycles. The molecule has 5 heteroatoms. The normalized spacial score (nSPS) is 19.6. The summed E-state index contributed by atoms with van der Waals surface area (Å²) in [7, 11) is 1.66. The van der Waals surface area contributed by atoms with Gasteiger partial charge in [0.2, 0.25) is 5.91 Å². The van der Waals surface area contributed by atoms with Crippen LogP contribution in [0.15, 0.2) is 24.3 Å². The Labute approximate surface area is 131 Å². The molecule has 0 saturated carbocycles. The average molecular weight is 308 g/mol. The van der Waals surface area contributed by atoms with Crippen molar-refractivity contribution in [3.8, 4) is 5.75 Å². The van der Waals surface area contributed by atoms with Crippen LogP contribution in [0.2, 0.25) is 0 Å². The van der Waals surface area contributed by atoms with Gasteiger partial charge >= 0.3 is 0 Å². The van der Waals surface area contributed by atoms with E-state index in [1.165, 1.54) is 5.56 Å². The molecule has 0 bridgehead atoms. The summed E-state index contributed by atoms with van der Waals surface area (Å²) in [5.74, 6) is 1.85. The van der Waals surface area contributed by atoms with Crippen molar-refractivity contribution >= 4 is 17.7 Å². The van der Waals surface area contributed by atoms with Crippen molar-refractivity contribution in [3.05, 3.63) is 29.8 Å². The molecule has 1 aliphatic rings. The van der Waals surface area contributed by atoms with Crippen molar-refractivity contribution in [2.75, 3.05) is 25.7 Å². The Morgan fingerprint density at radius 2 is 2.19 bits per heavy atom. The van der Waals surface area contributed by atoms with Crippen molar-refractivity contribution in [1.29, 1.82) is 0 Å². The van der Waals surface area contributed by atoms with Gasteiger partial charge in [-0.1, -0.05) is 12.1 Å². The lowest BCUT2D eigenvalue weighted by Gasteiger charge is -2.28. The highest BCUT2D eigenvalue weighted by Gasteiger charge is 2.32. The molecule has 2 rings (SSSR count). The lowest BCUT2D eigenvalue weighted by Crippen LogP contribution is -2.43. The fraction of sp³-hybridized carbons (Fsp3) is 0.562. The maximum Gasteiger partial charge on any atom is 0.240 e. The Bertz CT molecular complexity index is 464. The van der Waals surface area contributed by atoms with Gasteiger partial charge in [-0.3, -0.25) is 4.79 Å². The molecule has 1 amide bonds. The number of carbonyl (C=O) groups excluding carboxylic acids is 1. The molecular weight excluding hydrogens is 284 g/mol. The first kappa shape index (κ1) is 16.2. The van der Waals surface area contributed by atoms with E-state index in [0.29, 0.717) is 0 Å². The maximum absolute atomic E-state index is 12.5. The summed E-state index contributed by atoms with van der Waals surface area (Å²) in [4.78, 5) is 14.5. The van der Waals surface area contributed by atoms with Gasteiger partial charge in [-0.25, -0.2) is 0 Å². The SMILES string of the molecule is COc1ccc(C2CCCN2C(=O)[C@H](N)CCSC)cc1. The summed E-state index contributed by atoms with van der Waals surface area (Å²) >= 11 is 1.73. The van der Waals surface area contributed by atoms with E-state index >= 15 is 0 Å². The van der Waals surface area contributed by atoms with E-state index in [-0.39, 0.29) is 18.0 Å². The zero-order valence-corrected chi connectivity index (χ0v) is 13.6. The molecule has 1 unspecified atom stereocenters. The molecule has 1 heterocycles. The third-order valence-electron chi connectivity index (χ3n) is 3.99. The number of ether oxygens (including phenoxy) is 1. The molecular formula is C16H24N2O2S. The number of amides is 1. The average Bonchev–Trinajstić information content (AvgIpc) is 3.01. The van der Waals surface area contributed by atoms with E-state index < -0.39 is 0 Å². The van der Waals surface area contributed by atoms with Crippen LogP contribution in [0.1, 0.15) is 30.9 Å². The minimum Gasteiger partial charge on any atom is -0.497 e. The second-order valence-electron chi connectivity index (χ2n) is 5.35. The molecule has 1 fully saturated rings. The number of rotatable bonds is 6. The molecule has 0 radical (unpaired) electrons. The third-order valence-corrected chi connectivity index (χ3v) is 4.63. The van der Waals surface area contributed by atoms with Gasteiger partial charge < -0.3 is 15.4 Å². The van der Waals surface area contributed by atoms with Gasteiger partial charge in [0.15, 0.2) is 0 Å². The van der Waals surface area contributed by atoms with Gasteiger partial charge in [-0.05, 0) is 49.0 Å². The van der Waals surface area contributed by atoms with Crippen LogP contribution >= 0.6 is 11.8 Å². The van der Waals surface area contributed by atoms with Crippen molar-refractivity contribution in [2.45, 2.75) is 31.3 Å². The summed E-state index contributed by atoms with van der Waals surface area (Å²) in [6.07, 6.45) is 4.82. The number of hydrogen-bond acceptors (Lipinski definition) is 4. The van der Waals surface area contributed by atoms with Crippen LogP contribution in [0.25, 0.3) is 0 Å². The lowest BCUT2D eigenvalue weighted by molar-refractivity contribution is -0.133. The zero-order chi connectivity index (χ0) is 15.2. The van der Waals surface area contributed by atoms with Gasteiger partial charge in [0.1, 0.15) is 5.75 Å². The number of hydrogen-bond donors (Lipinski definition) is 1. The second kappa shape index (κ2) is 7.71. The summed E-state index contributed by atoms with van der Waals surface area (Å²) in [6.45, 7) is 0.808. The molecule has 0 aliphatic carbocycles. The van der Waals surface area contributed by atoms with E-state index in [1.807, 2.05) is 35.4 Å². The summed E-state index contributed by atoms with van der Waals surface area (Å²) < 4.78 is 5.19. The number of nitrogens with two attached hydrogens (primary N) is 1. The molecule has 1 saturated heterocycles. The molecule has 2 atom stereocenters. The smallest absolute Gasteiger partial charge is 0.240 e. The van der Waals surface area contributed by atoms with Crippen molar-refractivity contribution in [2.24, 2.45) is 5.73 Å². The van der Waals surface area contributed by atoms with Gasteiger partial charge in [0, 0.05) is 6.54 Å². The number of thioether (sulfide) groups is 1. The Hall–Kier alpha value is -1.20. The van der Waals surface area contributed by atoms with Crippen molar-refractivity contribution in [1.82, 2.24) is 4.90 Å². The van der Waals surface area contributed by atoms with E-state index in [1.54, 1.807) is 18.9 Å².